The zero-order chi connectivity index (χ0) is 11.5. The molecular formula is C10H19FN2O2. The molecule has 4 nitrogen and oxygen atoms in total. The van der Waals surface area contributed by atoms with E-state index in [1.807, 2.05) is 0 Å². The van der Waals surface area contributed by atoms with Gasteiger partial charge in [-0.15, -0.1) is 0 Å². The van der Waals surface area contributed by atoms with Gasteiger partial charge in [0.05, 0.1) is 0 Å². The Hall–Kier alpha value is -0.840. The summed E-state index contributed by atoms with van der Waals surface area (Å²) in [6.07, 6.45) is -1.02. The van der Waals surface area contributed by atoms with Crippen LogP contribution in [0.2, 0.25) is 0 Å². The van der Waals surface area contributed by atoms with Gasteiger partial charge in [0.2, 0.25) is 0 Å². The third-order valence-corrected chi connectivity index (χ3v) is 2.02. The van der Waals surface area contributed by atoms with Crippen LogP contribution in [-0.4, -0.2) is 37.0 Å². The highest BCUT2D eigenvalue weighted by Crippen LogP contribution is 2.09. The molecule has 1 amide bonds. The van der Waals surface area contributed by atoms with Gasteiger partial charge >= 0.3 is 6.09 Å². The lowest BCUT2D eigenvalue weighted by Gasteiger charge is -2.28. The summed E-state index contributed by atoms with van der Waals surface area (Å²) in [6, 6.07) is -0.177. The Bertz CT molecular complexity index is 228. The van der Waals surface area contributed by atoms with Crippen molar-refractivity contribution in [2.24, 2.45) is 0 Å². The van der Waals surface area contributed by atoms with Gasteiger partial charge in [0, 0.05) is 25.6 Å². The molecule has 2 N–H and O–H groups in total. The lowest BCUT2D eigenvalue weighted by Crippen LogP contribution is -2.50. The van der Waals surface area contributed by atoms with Gasteiger partial charge in [-0.05, 0) is 20.8 Å². The lowest BCUT2D eigenvalue weighted by atomic mass is 10.1. The van der Waals surface area contributed by atoms with E-state index < -0.39 is 17.9 Å². The van der Waals surface area contributed by atoms with Gasteiger partial charge in [0.1, 0.15) is 11.8 Å². The number of alkyl halides is 1. The van der Waals surface area contributed by atoms with E-state index in [9.17, 15) is 9.18 Å². The molecule has 5 heteroatoms. The van der Waals surface area contributed by atoms with Crippen LogP contribution in [0.5, 0.6) is 0 Å². The van der Waals surface area contributed by atoms with E-state index in [1.54, 1.807) is 20.8 Å². The third kappa shape index (κ3) is 4.97. The lowest BCUT2D eigenvalue weighted by molar-refractivity contribution is 0.0486. The summed E-state index contributed by atoms with van der Waals surface area (Å²) in [7, 11) is 0. The predicted octanol–water partition coefficient (Wildman–Crippen LogP) is 1.21. The van der Waals surface area contributed by atoms with E-state index in [-0.39, 0.29) is 6.04 Å². The number of alkyl carbamates (subject to hydrolysis) is 1. The van der Waals surface area contributed by atoms with Gasteiger partial charge in [-0.25, -0.2) is 9.18 Å². The van der Waals surface area contributed by atoms with Crippen molar-refractivity contribution in [3.63, 3.8) is 0 Å². The van der Waals surface area contributed by atoms with Gasteiger partial charge in [-0.3, -0.25) is 0 Å². The molecule has 0 spiro atoms. The number of carbonyl (C=O) groups is 1. The van der Waals surface area contributed by atoms with Crippen LogP contribution >= 0.6 is 0 Å². The topological polar surface area (TPSA) is 50.4 Å². The fourth-order valence-electron chi connectivity index (χ4n) is 1.47. The third-order valence-electron chi connectivity index (χ3n) is 2.02. The van der Waals surface area contributed by atoms with E-state index >= 15 is 0 Å². The molecule has 0 unspecified atom stereocenters. The van der Waals surface area contributed by atoms with Crippen molar-refractivity contribution in [1.82, 2.24) is 10.6 Å². The molecule has 1 aliphatic rings. The molecule has 1 heterocycles. The molecule has 1 rings (SSSR count). The second-order valence-corrected chi connectivity index (χ2v) is 4.83. The van der Waals surface area contributed by atoms with E-state index in [4.69, 9.17) is 4.74 Å². The minimum Gasteiger partial charge on any atom is -0.444 e. The van der Waals surface area contributed by atoms with Crippen LogP contribution in [0.3, 0.4) is 0 Å². The van der Waals surface area contributed by atoms with Crippen LogP contribution in [0, 0.1) is 0 Å². The molecule has 2 atom stereocenters. The molecule has 15 heavy (non-hydrogen) atoms. The van der Waals surface area contributed by atoms with Gasteiger partial charge in [0.25, 0.3) is 0 Å². The average molecular weight is 218 g/mol. The fraction of sp³-hybridized carbons (Fsp3) is 0.900. The Morgan fingerprint density at radius 1 is 1.47 bits per heavy atom. The van der Waals surface area contributed by atoms with Gasteiger partial charge < -0.3 is 15.4 Å². The van der Waals surface area contributed by atoms with Crippen molar-refractivity contribution >= 4 is 6.09 Å². The number of hydrogen-bond donors (Lipinski definition) is 2. The molecule has 0 aliphatic carbocycles. The van der Waals surface area contributed by atoms with Crippen LogP contribution in [0.4, 0.5) is 9.18 Å². The summed E-state index contributed by atoms with van der Waals surface area (Å²) in [5.41, 5.74) is -0.513. The minimum absolute atomic E-state index is 0.177. The van der Waals surface area contributed by atoms with Crippen molar-refractivity contribution in [2.75, 3.05) is 13.1 Å². The first kappa shape index (κ1) is 12.2. The summed E-state index contributed by atoms with van der Waals surface area (Å²) in [5, 5.41) is 5.55. The molecular weight excluding hydrogens is 199 g/mol. The van der Waals surface area contributed by atoms with Crippen LogP contribution in [0.1, 0.15) is 27.2 Å². The maximum Gasteiger partial charge on any atom is 0.407 e. The van der Waals surface area contributed by atoms with E-state index in [0.29, 0.717) is 19.5 Å². The summed E-state index contributed by atoms with van der Waals surface area (Å²) in [6.45, 7) is 6.35. The molecule has 1 aliphatic heterocycles. The Morgan fingerprint density at radius 2 is 2.13 bits per heavy atom. The fourth-order valence-corrected chi connectivity index (χ4v) is 1.47. The molecule has 0 bridgehead atoms. The maximum absolute atomic E-state index is 13.0. The zero-order valence-electron chi connectivity index (χ0n) is 9.47. The van der Waals surface area contributed by atoms with Gasteiger partial charge in [-0.1, -0.05) is 0 Å². The molecule has 1 fully saturated rings. The van der Waals surface area contributed by atoms with Gasteiger partial charge in [-0.2, -0.15) is 0 Å². The van der Waals surface area contributed by atoms with Gasteiger partial charge in [0.15, 0.2) is 0 Å². The largest absolute Gasteiger partial charge is 0.444 e. The maximum atomic E-state index is 13.0. The van der Waals surface area contributed by atoms with E-state index in [0.717, 1.165) is 0 Å². The zero-order valence-corrected chi connectivity index (χ0v) is 9.47. The molecule has 0 radical (unpaired) electrons. The molecule has 0 saturated carbocycles. The van der Waals surface area contributed by atoms with Crippen molar-refractivity contribution in [1.29, 1.82) is 0 Å². The first-order chi connectivity index (χ1) is 6.87. The second kappa shape index (κ2) is 4.79. The van der Waals surface area contributed by atoms with Crippen LogP contribution in [-0.2, 0) is 4.74 Å². The first-order valence-corrected chi connectivity index (χ1v) is 5.21. The SMILES string of the molecule is CC(C)(C)OC(=O)N[C@H]1CNC[C@H](F)C1. The summed E-state index contributed by atoms with van der Waals surface area (Å²) >= 11 is 0. The molecule has 0 aromatic heterocycles. The molecule has 1 saturated heterocycles. The van der Waals surface area contributed by atoms with Crippen molar-refractivity contribution < 1.29 is 13.9 Å². The van der Waals surface area contributed by atoms with Crippen LogP contribution < -0.4 is 10.6 Å². The van der Waals surface area contributed by atoms with Crippen LogP contribution in [0.15, 0.2) is 0 Å². The van der Waals surface area contributed by atoms with Crippen molar-refractivity contribution in [3.8, 4) is 0 Å². The summed E-state index contributed by atoms with van der Waals surface area (Å²) in [5.74, 6) is 0. The Labute approximate surface area is 89.6 Å². The highest BCUT2D eigenvalue weighted by atomic mass is 19.1. The Balaban J connectivity index is 2.31. The van der Waals surface area contributed by atoms with E-state index in [1.165, 1.54) is 0 Å². The quantitative estimate of drug-likeness (QED) is 0.695. The number of ether oxygens (including phenoxy) is 1. The average Bonchev–Trinajstić information content (AvgIpc) is 1.99. The minimum atomic E-state index is -0.890. The summed E-state index contributed by atoms with van der Waals surface area (Å²) < 4.78 is 18.0. The highest BCUT2D eigenvalue weighted by Gasteiger charge is 2.24. The number of amides is 1. The van der Waals surface area contributed by atoms with E-state index in [2.05, 4.69) is 10.6 Å². The molecule has 88 valence electrons. The number of hydrogen-bond acceptors (Lipinski definition) is 3. The van der Waals surface area contributed by atoms with Crippen molar-refractivity contribution in [3.05, 3.63) is 0 Å². The first-order valence-electron chi connectivity index (χ1n) is 5.21. The highest BCUT2D eigenvalue weighted by molar-refractivity contribution is 5.68. The Kier molecular flexibility index (Phi) is 3.90. The number of nitrogens with one attached hydrogen (secondary N) is 2. The monoisotopic (exact) mass is 218 g/mol. The molecule has 0 aromatic carbocycles. The Morgan fingerprint density at radius 3 is 2.67 bits per heavy atom. The number of carbonyl (C=O) groups excluding carboxylic acids is 1. The number of rotatable bonds is 1. The number of piperidine rings is 1. The van der Waals surface area contributed by atoms with Crippen LogP contribution in [0.25, 0.3) is 0 Å². The number of halogens is 1. The standard InChI is InChI=1S/C10H19FN2O2/c1-10(2,3)15-9(14)13-8-4-7(11)5-12-6-8/h7-8,12H,4-6H2,1-3H3,(H,13,14)/t7-,8-/m1/s1. The van der Waals surface area contributed by atoms with Crippen molar-refractivity contribution in [2.45, 2.75) is 45.0 Å². The normalized spacial score (nSPS) is 27.2. The smallest absolute Gasteiger partial charge is 0.407 e. The molecule has 0 aromatic rings. The summed E-state index contributed by atoms with van der Waals surface area (Å²) in [4.78, 5) is 11.4. The predicted molar refractivity (Wildman–Crippen MR) is 55.5 cm³/mol. The second-order valence-electron chi connectivity index (χ2n) is 4.83.